The van der Waals surface area contributed by atoms with E-state index in [-0.39, 0.29) is 61.6 Å². The van der Waals surface area contributed by atoms with Gasteiger partial charge in [-0.2, -0.15) is 13.2 Å². The van der Waals surface area contributed by atoms with E-state index in [1.54, 1.807) is 19.1 Å². The number of alkyl halides is 2. The zero-order valence-electron chi connectivity index (χ0n) is 31.2. The first kappa shape index (κ1) is 39.6. The fourth-order valence-electron chi connectivity index (χ4n) is 7.51. The Hall–Kier alpha value is -5.65. The number of aryl methyl sites for hydroxylation is 6. The predicted octanol–water partition coefficient (Wildman–Crippen LogP) is 13.6. The van der Waals surface area contributed by atoms with Crippen LogP contribution in [0.5, 0.6) is 11.5 Å². The van der Waals surface area contributed by atoms with Crippen LogP contribution in [0.3, 0.4) is 0 Å². The molecule has 0 unspecified atom stereocenters. The van der Waals surface area contributed by atoms with Gasteiger partial charge in [-0.05, 0) is 110 Å². The third kappa shape index (κ3) is 6.24. The molecular weight excluding hydrogens is 765 g/mol. The van der Waals surface area contributed by atoms with Gasteiger partial charge in [0.25, 0.3) is 0 Å². The molecule has 0 saturated heterocycles. The molecule has 0 saturated carbocycles. The molecule has 0 N–H and O–H groups in total. The van der Waals surface area contributed by atoms with Crippen LogP contribution in [-0.4, -0.2) is 0 Å². The van der Waals surface area contributed by atoms with Crippen molar-refractivity contribution in [3.8, 4) is 33.8 Å². The van der Waals surface area contributed by atoms with E-state index in [9.17, 15) is 48.3 Å². The second kappa shape index (κ2) is 14.1. The lowest BCUT2D eigenvalue weighted by molar-refractivity contribution is 0.0402. The molecule has 6 aromatic carbocycles. The highest BCUT2D eigenvalue weighted by Gasteiger charge is 2.49. The summed E-state index contributed by atoms with van der Waals surface area (Å²) in [7, 11) is 0. The van der Waals surface area contributed by atoms with Crippen LogP contribution in [0, 0.1) is 93.9 Å². The molecule has 0 fully saturated rings. The van der Waals surface area contributed by atoms with E-state index in [0.29, 0.717) is 40.7 Å². The van der Waals surface area contributed by atoms with E-state index in [1.165, 1.54) is 77.1 Å². The van der Waals surface area contributed by atoms with Gasteiger partial charge in [-0.25, -0.2) is 35.1 Å². The minimum absolute atomic E-state index is 0.00495. The highest BCUT2D eigenvalue weighted by Crippen LogP contribution is 2.53. The van der Waals surface area contributed by atoms with Crippen molar-refractivity contribution in [2.75, 3.05) is 0 Å². The molecule has 0 amide bonds. The van der Waals surface area contributed by atoms with Crippen LogP contribution in [-0.2, 0) is 18.8 Å². The smallest absolute Gasteiger partial charge is 0.305 e. The average molecular weight is 797 g/mol. The number of rotatable bonds is 0. The summed E-state index contributed by atoms with van der Waals surface area (Å²) in [5.74, 6) is -12.5. The largest absolute Gasteiger partial charge is 0.450 e. The van der Waals surface area contributed by atoms with Crippen LogP contribution in [0.4, 0.5) is 48.3 Å². The average Bonchev–Trinajstić information content (AvgIpc) is 3.64. The van der Waals surface area contributed by atoms with Crippen LogP contribution >= 0.6 is 0 Å². The molecule has 9 rings (SSSR count). The van der Waals surface area contributed by atoms with Gasteiger partial charge in [-0.15, -0.1) is 0 Å². The predicted molar refractivity (Wildman–Crippen MR) is 193 cm³/mol. The topological polar surface area (TPSA) is 9.23 Å². The molecule has 2 aliphatic carbocycles. The SMILES string of the molecule is Cc1cc2c(c(F)c1F)-c1c(cc(C)c(F)c1F)C2.Cc1cc2c(c(F)c1F)Oc1c(ccc(C)c1F)C2.Cc1ccc2c(c1F)C(F)(F)c1c-2ccc(C)c1F. The summed E-state index contributed by atoms with van der Waals surface area (Å²) in [6.07, 6.45) is 0.626. The molecule has 294 valence electrons. The van der Waals surface area contributed by atoms with E-state index in [0.717, 1.165) is 0 Å². The van der Waals surface area contributed by atoms with Gasteiger partial charge in [0.2, 0.25) is 5.82 Å². The van der Waals surface area contributed by atoms with Crippen LogP contribution in [0.1, 0.15) is 66.8 Å². The monoisotopic (exact) mass is 796 g/mol. The summed E-state index contributed by atoms with van der Waals surface area (Å²) < 4.78 is 158. The second-order valence-corrected chi connectivity index (χ2v) is 14.5. The van der Waals surface area contributed by atoms with Gasteiger partial charge in [0, 0.05) is 28.7 Å². The third-order valence-corrected chi connectivity index (χ3v) is 10.5. The van der Waals surface area contributed by atoms with Crippen molar-refractivity contribution in [3.05, 3.63) is 174 Å². The number of fused-ring (bicyclic) bond motifs is 8. The summed E-state index contributed by atoms with van der Waals surface area (Å²) >= 11 is 0. The number of hydrogen-bond acceptors (Lipinski definition) is 1. The van der Waals surface area contributed by atoms with Crippen LogP contribution in [0.2, 0.25) is 0 Å². The first-order valence-corrected chi connectivity index (χ1v) is 17.6. The summed E-state index contributed by atoms with van der Waals surface area (Å²) in [6.45, 7) is 8.81. The number of halogens is 11. The molecule has 6 aromatic rings. The number of ether oxygens (including phenoxy) is 1. The molecule has 1 nitrogen and oxygen atoms in total. The maximum atomic E-state index is 14.3. The first-order chi connectivity index (χ1) is 26.8. The molecule has 57 heavy (non-hydrogen) atoms. The maximum absolute atomic E-state index is 14.3. The highest BCUT2D eigenvalue weighted by atomic mass is 19.3. The highest BCUT2D eigenvalue weighted by molar-refractivity contribution is 5.81. The van der Waals surface area contributed by atoms with Crippen molar-refractivity contribution in [1.82, 2.24) is 0 Å². The van der Waals surface area contributed by atoms with Gasteiger partial charge >= 0.3 is 5.92 Å². The lowest BCUT2D eigenvalue weighted by atomic mass is 9.97. The molecule has 3 aliphatic rings. The quantitative estimate of drug-likeness (QED) is 0.139. The first-order valence-electron chi connectivity index (χ1n) is 17.6. The zero-order valence-corrected chi connectivity index (χ0v) is 31.2. The Labute approximate surface area is 320 Å². The van der Waals surface area contributed by atoms with Gasteiger partial charge < -0.3 is 4.74 Å². The molecule has 1 aliphatic heterocycles. The van der Waals surface area contributed by atoms with E-state index in [1.807, 2.05) is 0 Å². The Morgan fingerprint density at radius 3 is 1.23 bits per heavy atom. The Morgan fingerprint density at radius 1 is 0.386 bits per heavy atom. The Balaban J connectivity index is 0.000000131. The normalized spacial score (nSPS) is 13.5. The fourth-order valence-corrected chi connectivity index (χ4v) is 7.51. The fraction of sp³-hybridized carbons (Fsp3) is 0.200. The zero-order chi connectivity index (χ0) is 41.6. The molecule has 0 spiro atoms. The van der Waals surface area contributed by atoms with Crippen molar-refractivity contribution in [3.63, 3.8) is 0 Å². The molecule has 0 atom stereocenters. The molecule has 0 bridgehead atoms. The van der Waals surface area contributed by atoms with Crippen molar-refractivity contribution < 1.29 is 53.0 Å². The van der Waals surface area contributed by atoms with Crippen LogP contribution in [0.25, 0.3) is 22.3 Å². The Morgan fingerprint density at radius 2 is 0.754 bits per heavy atom. The minimum Gasteiger partial charge on any atom is -0.450 e. The van der Waals surface area contributed by atoms with E-state index in [2.05, 4.69) is 0 Å². The molecule has 0 radical (unpaired) electrons. The summed E-state index contributed by atoms with van der Waals surface area (Å²) in [4.78, 5) is 0. The molecule has 1 heterocycles. The van der Waals surface area contributed by atoms with Crippen molar-refractivity contribution in [2.45, 2.75) is 60.3 Å². The lowest BCUT2D eigenvalue weighted by Crippen LogP contribution is -2.16. The third-order valence-electron chi connectivity index (χ3n) is 10.5. The molecular formula is C45H31F11O. The van der Waals surface area contributed by atoms with Gasteiger partial charge in [0.1, 0.15) is 11.6 Å². The van der Waals surface area contributed by atoms with Gasteiger partial charge in [-0.3, -0.25) is 0 Å². The number of benzene rings is 6. The van der Waals surface area contributed by atoms with Crippen LogP contribution < -0.4 is 4.74 Å². The Bertz CT molecular complexity index is 2580. The maximum Gasteiger partial charge on any atom is 0.305 e. The summed E-state index contributed by atoms with van der Waals surface area (Å²) in [5.41, 5.74) is 1.81. The minimum atomic E-state index is -3.63. The summed E-state index contributed by atoms with van der Waals surface area (Å²) in [5, 5.41) is 0. The van der Waals surface area contributed by atoms with Crippen molar-refractivity contribution in [1.29, 1.82) is 0 Å². The van der Waals surface area contributed by atoms with Gasteiger partial charge in [0.15, 0.2) is 46.4 Å². The van der Waals surface area contributed by atoms with Crippen LogP contribution in [0.15, 0.2) is 54.6 Å². The molecule has 12 heteroatoms. The summed E-state index contributed by atoms with van der Waals surface area (Å²) in [6, 6.07) is 13.6. The van der Waals surface area contributed by atoms with Crippen molar-refractivity contribution in [2.24, 2.45) is 0 Å². The standard InChI is InChI=1S/2C15H10F4.C15H11F3O/c1-6-3-8-5-9-4-7(2)13(17)15(19)11(9)10(8)14(18)12(6)16;1-7-3-5-9-10-6-4-8(2)14(17)12(10)15(18,19)11(9)13(7)16;1-7-3-4-9-6-10-5-8(2)11(16)13(18)15(10)19-14(9)12(7)17/h3-4H,5H2,1-2H3;3-6H,1-2H3;3-5H,6H2,1-2H3. The van der Waals surface area contributed by atoms with E-state index < -0.39 is 69.4 Å². The van der Waals surface area contributed by atoms with Gasteiger partial charge in [-0.1, -0.05) is 48.5 Å². The Kier molecular flexibility index (Phi) is 9.77. The lowest BCUT2D eigenvalue weighted by Gasteiger charge is -2.22. The second-order valence-electron chi connectivity index (χ2n) is 14.5. The number of hydrogen-bond donors (Lipinski definition) is 0. The van der Waals surface area contributed by atoms with E-state index >= 15 is 0 Å². The van der Waals surface area contributed by atoms with E-state index in [4.69, 9.17) is 4.74 Å². The molecule has 0 aromatic heterocycles. The van der Waals surface area contributed by atoms with Gasteiger partial charge in [0.05, 0.1) is 11.1 Å². The van der Waals surface area contributed by atoms with Crippen molar-refractivity contribution >= 4 is 0 Å².